The molecule has 14 heteroatoms. The number of alkyl halides is 9. The molecule has 2 aromatic carbocycles. The Morgan fingerprint density at radius 3 is 1.88 bits per heavy atom. The summed E-state index contributed by atoms with van der Waals surface area (Å²) in [7, 11) is 0.853. The molecule has 5 nitrogen and oxygen atoms in total. The van der Waals surface area contributed by atoms with Crippen LogP contribution in [0.5, 0.6) is 0 Å². The van der Waals surface area contributed by atoms with Gasteiger partial charge in [0.15, 0.2) is 0 Å². The molecule has 0 spiro atoms. The van der Waals surface area contributed by atoms with E-state index in [1.165, 1.54) is 6.92 Å². The van der Waals surface area contributed by atoms with E-state index in [9.17, 15) is 49.1 Å². The number of carbonyl (C=O) groups excluding carboxylic acids is 2. The molecule has 3 atom stereocenters. The molecule has 2 aromatic rings. The molecule has 1 aliphatic rings. The van der Waals surface area contributed by atoms with Gasteiger partial charge in [-0.3, -0.25) is 9.69 Å². The minimum absolute atomic E-state index is 0.0829. The average Bonchev–Trinajstić information content (AvgIpc) is 2.86. The van der Waals surface area contributed by atoms with Gasteiger partial charge in [-0.15, -0.1) is 0 Å². The highest BCUT2D eigenvalue weighted by Crippen LogP contribution is 2.50. The lowest BCUT2D eigenvalue weighted by atomic mass is 9.73. The summed E-state index contributed by atoms with van der Waals surface area (Å²) in [6, 6.07) is 2.03. The lowest BCUT2D eigenvalue weighted by Gasteiger charge is -2.42. The van der Waals surface area contributed by atoms with Crippen LogP contribution in [-0.2, 0) is 32.8 Å². The van der Waals surface area contributed by atoms with Gasteiger partial charge in [-0.25, -0.2) is 4.79 Å². The van der Waals surface area contributed by atoms with Crippen molar-refractivity contribution in [3.05, 3.63) is 64.2 Å². The molecule has 1 amide bonds. The molecule has 3 rings (SSSR count). The number of hydrogen-bond donors (Lipinski definition) is 0. The average molecular weight is 585 g/mol. The zero-order valence-corrected chi connectivity index (χ0v) is 21.3. The molecular formula is C26H24F9NO4. The molecule has 0 bridgehead atoms. The highest BCUT2D eigenvalue weighted by Gasteiger charge is 2.46. The quantitative estimate of drug-likeness (QED) is 0.264. The van der Waals surface area contributed by atoms with Crippen LogP contribution >= 0.6 is 0 Å². The Balaban J connectivity index is 2.36. The van der Waals surface area contributed by atoms with Crippen molar-refractivity contribution in [1.29, 1.82) is 0 Å². The molecule has 0 saturated heterocycles. The number of ether oxygens (including phenoxy) is 2. The highest BCUT2D eigenvalue weighted by atomic mass is 19.4. The van der Waals surface area contributed by atoms with Crippen LogP contribution in [0.25, 0.3) is 0 Å². The van der Waals surface area contributed by atoms with Crippen molar-refractivity contribution in [3.63, 3.8) is 0 Å². The van der Waals surface area contributed by atoms with Crippen LogP contribution in [0.15, 0.2) is 36.4 Å². The number of halogens is 9. The molecule has 0 N–H and O–H groups in total. The van der Waals surface area contributed by atoms with Crippen LogP contribution < -0.4 is 4.90 Å². The summed E-state index contributed by atoms with van der Waals surface area (Å²) in [5.74, 6) is -4.54. The van der Waals surface area contributed by atoms with Gasteiger partial charge in [-0.05, 0) is 67.3 Å². The van der Waals surface area contributed by atoms with Crippen molar-refractivity contribution in [2.24, 2.45) is 0 Å². The summed E-state index contributed by atoms with van der Waals surface area (Å²) >= 11 is 0. The van der Waals surface area contributed by atoms with E-state index in [-0.39, 0.29) is 36.8 Å². The van der Waals surface area contributed by atoms with Gasteiger partial charge >= 0.3 is 30.6 Å². The van der Waals surface area contributed by atoms with Crippen LogP contribution in [0.4, 0.5) is 50.0 Å². The first-order chi connectivity index (χ1) is 18.4. The second-order valence-electron chi connectivity index (χ2n) is 9.08. The van der Waals surface area contributed by atoms with E-state index in [2.05, 4.69) is 0 Å². The van der Waals surface area contributed by atoms with Crippen molar-refractivity contribution in [3.8, 4) is 0 Å². The van der Waals surface area contributed by atoms with E-state index in [4.69, 9.17) is 9.47 Å². The van der Waals surface area contributed by atoms with Gasteiger partial charge in [0, 0.05) is 12.0 Å². The van der Waals surface area contributed by atoms with Gasteiger partial charge in [0.05, 0.1) is 42.0 Å². The Morgan fingerprint density at radius 2 is 1.43 bits per heavy atom. The topological polar surface area (TPSA) is 55.8 Å². The summed E-state index contributed by atoms with van der Waals surface area (Å²) in [5.41, 5.74) is -5.75. The number of amides is 1. The Kier molecular flexibility index (Phi) is 8.70. The molecule has 1 aliphatic heterocycles. The minimum atomic E-state index is -5.24. The van der Waals surface area contributed by atoms with Crippen molar-refractivity contribution < 1.29 is 58.6 Å². The summed E-state index contributed by atoms with van der Waals surface area (Å²) in [6.07, 6.45) is -16.4. The predicted octanol–water partition coefficient (Wildman–Crippen LogP) is 7.93. The number of rotatable bonds is 5. The van der Waals surface area contributed by atoms with Gasteiger partial charge < -0.3 is 9.47 Å². The maximum absolute atomic E-state index is 13.7. The predicted molar refractivity (Wildman–Crippen MR) is 124 cm³/mol. The number of benzene rings is 2. The largest absolute Gasteiger partial charge is 0.469 e. The lowest BCUT2D eigenvalue weighted by molar-refractivity contribution is -0.146. The standard InChI is InChI=1S/C26H24F9NO4/c1-4-17-12-19(18-11-14(24(27,28)29)6-7-20(18)36(17)23(38)40-5-2)21(22(37)39-3)13-8-15(25(30,31)32)10-16(9-13)26(33,34)35/h6-11,17,19,21H,4-5,12H2,1-3H3/t17-,19?,21-/m1/s1. The lowest BCUT2D eigenvalue weighted by Crippen LogP contribution is -2.46. The molecule has 0 saturated carbocycles. The fourth-order valence-electron chi connectivity index (χ4n) is 4.89. The van der Waals surface area contributed by atoms with E-state index in [0.717, 1.165) is 18.1 Å². The monoisotopic (exact) mass is 585 g/mol. The molecule has 40 heavy (non-hydrogen) atoms. The van der Waals surface area contributed by atoms with E-state index >= 15 is 0 Å². The van der Waals surface area contributed by atoms with E-state index < -0.39 is 70.7 Å². The van der Waals surface area contributed by atoms with Gasteiger partial charge in [0.2, 0.25) is 0 Å². The fraction of sp³-hybridized carbons (Fsp3) is 0.462. The van der Waals surface area contributed by atoms with E-state index in [1.54, 1.807) is 6.92 Å². The zero-order valence-electron chi connectivity index (χ0n) is 21.3. The first-order valence-electron chi connectivity index (χ1n) is 12.0. The van der Waals surface area contributed by atoms with Crippen LogP contribution in [0.2, 0.25) is 0 Å². The molecule has 0 fully saturated rings. The van der Waals surface area contributed by atoms with Gasteiger partial charge in [0.1, 0.15) is 0 Å². The Bertz CT molecular complexity index is 1220. The second kappa shape index (κ2) is 11.2. The number of anilines is 1. The van der Waals surface area contributed by atoms with Crippen LogP contribution in [0, 0.1) is 0 Å². The van der Waals surface area contributed by atoms with Gasteiger partial charge in [0.25, 0.3) is 0 Å². The summed E-state index contributed by atoms with van der Waals surface area (Å²) in [6.45, 7) is 3.03. The zero-order chi connectivity index (χ0) is 30.2. The molecule has 0 aliphatic carbocycles. The van der Waals surface area contributed by atoms with Gasteiger partial charge in [-0.2, -0.15) is 39.5 Å². The maximum atomic E-state index is 13.7. The third-order valence-corrected chi connectivity index (χ3v) is 6.67. The van der Waals surface area contributed by atoms with Crippen molar-refractivity contribution in [1.82, 2.24) is 0 Å². The van der Waals surface area contributed by atoms with E-state index in [0.29, 0.717) is 24.3 Å². The van der Waals surface area contributed by atoms with Crippen molar-refractivity contribution in [2.75, 3.05) is 18.6 Å². The highest BCUT2D eigenvalue weighted by molar-refractivity contribution is 5.91. The maximum Gasteiger partial charge on any atom is 0.416 e. The molecule has 0 aromatic heterocycles. The normalized spacial score (nSPS) is 18.6. The minimum Gasteiger partial charge on any atom is -0.469 e. The number of fused-ring (bicyclic) bond motifs is 1. The molecule has 1 heterocycles. The van der Waals surface area contributed by atoms with Crippen molar-refractivity contribution >= 4 is 17.7 Å². The first kappa shape index (κ1) is 31.1. The summed E-state index contributed by atoms with van der Waals surface area (Å²) in [4.78, 5) is 26.9. The number of hydrogen-bond acceptors (Lipinski definition) is 4. The van der Waals surface area contributed by atoms with Crippen LogP contribution in [-0.4, -0.2) is 31.8 Å². The SMILES string of the molecule is CCOC(=O)N1c2ccc(C(F)(F)F)cc2C([C@H](C(=O)OC)c2cc(C(F)(F)F)cc(C(F)(F)F)c2)C[C@H]1CC. The molecular weight excluding hydrogens is 561 g/mol. The Labute approximate surface area is 222 Å². The number of methoxy groups -OCH3 is 1. The molecule has 1 unspecified atom stereocenters. The third-order valence-electron chi connectivity index (χ3n) is 6.67. The smallest absolute Gasteiger partial charge is 0.416 e. The molecule has 0 radical (unpaired) electrons. The molecule has 220 valence electrons. The second-order valence-corrected chi connectivity index (χ2v) is 9.08. The van der Waals surface area contributed by atoms with Gasteiger partial charge in [-0.1, -0.05) is 6.92 Å². The summed E-state index contributed by atoms with van der Waals surface area (Å²) in [5, 5.41) is 0. The van der Waals surface area contributed by atoms with Crippen LogP contribution in [0.3, 0.4) is 0 Å². The van der Waals surface area contributed by atoms with Crippen LogP contribution in [0.1, 0.15) is 66.3 Å². The Hall–Kier alpha value is -3.45. The first-order valence-corrected chi connectivity index (χ1v) is 12.0. The van der Waals surface area contributed by atoms with Crippen molar-refractivity contribution in [2.45, 2.75) is 63.1 Å². The number of nitrogens with zero attached hydrogens (tertiary/aromatic N) is 1. The third kappa shape index (κ3) is 6.30. The number of esters is 1. The number of carbonyl (C=O) groups is 2. The summed E-state index contributed by atoms with van der Waals surface area (Å²) < 4.78 is 132. The van der Waals surface area contributed by atoms with E-state index in [1.807, 2.05) is 0 Å². The Morgan fingerprint density at radius 1 is 0.875 bits per heavy atom. The fourth-order valence-corrected chi connectivity index (χ4v) is 4.89.